The molecular formula is C21H45NO2S. The minimum atomic E-state index is -3.06. The Labute approximate surface area is 159 Å². The first-order chi connectivity index (χ1) is 12.1. The maximum atomic E-state index is 12.7. The molecule has 0 fully saturated rings. The average molecular weight is 376 g/mol. The Hall–Kier alpha value is -0.0900. The molecule has 0 saturated heterocycles. The molecule has 4 heteroatoms. The summed E-state index contributed by atoms with van der Waals surface area (Å²) >= 11 is 0. The molecule has 0 atom stereocenters. The monoisotopic (exact) mass is 375 g/mol. The minimum absolute atomic E-state index is 0.348. The van der Waals surface area contributed by atoms with Crippen LogP contribution in [-0.2, 0) is 10.0 Å². The van der Waals surface area contributed by atoms with Crippen LogP contribution in [0.4, 0.5) is 0 Å². The molecule has 0 heterocycles. The summed E-state index contributed by atoms with van der Waals surface area (Å²) < 4.78 is 27.2. The van der Waals surface area contributed by atoms with Crippen molar-refractivity contribution in [1.82, 2.24) is 4.31 Å². The standard InChI is InChI=1S/C21H45NO2S/c1-4-7-10-13-14-17-20-22(19-16-12-9-6-3)25(23,24)21-18-15-11-8-5-2/h4-21H2,1-3H3. The summed E-state index contributed by atoms with van der Waals surface area (Å²) in [5, 5.41) is 0. The molecular weight excluding hydrogens is 330 g/mol. The second kappa shape index (κ2) is 17.3. The SMILES string of the molecule is CCCCCCCCN(CCCCCC)S(=O)(=O)CCCCCCC. The molecule has 0 aliphatic carbocycles. The third kappa shape index (κ3) is 14.7. The van der Waals surface area contributed by atoms with E-state index in [4.69, 9.17) is 0 Å². The molecule has 152 valence electrons. The van der Waals surface area contributed by atoms with Gasteiger partial charge in [-0.3, -0.25) is 0 Å². The Morgan fingerprint density at radius 1 is 0.520 bits per heavy atom. The lowest BCUT2D eigenvalue weighted by Crippen LogP contribution is -2.35. The van der Waals surface area contributed by atoms with Gasteiger partial charge >= 0.3 is 0 Å². The predicted molar refractivity (Wildman–Crippen MR) is 112 cm³/mol. The van der Waals surface area contributed by atoms with Crippen LogP contribution in [-0.4, -0.2) is 31.6 Å². The second-order valence-electron chi connectivity index (χ2n) is 7.46. The molecule has 0 aromatic carbocycles. The van der Waals surface area contributed by atoms with Gasteiger partial charge in [0.15, 0.2) is 0 Å². The molecule has 0 aromatic heterocycles. The Morgan fingerprint density at radius 2 is 0.880 bits per heavy atom. The first-order valence-electron chi connectivity index (χ1n) is 11.1. The van der Waals surface area contributed by atoms with Crippen molar-refractivity contribution in [3.05, 3.63) is 0 Å². The Bertz CT molecular complexity index is 368. The van der Waals surface area contributed by atoms with Crippen LogP contribution in [0.2, 0.25) is 0 Å². The highest BCUT2D eigenvalue weighted by atomic mass is 32.2. The Kier molecular flexibility index (Phi) is 17.3. The molecule has 0 spiro atoms. The van der Waals surface area contributed by atoms with Crippen molar-refractivity contribution in [2.24, 2.45) is 0 Å². The molecule has 0 N–H and O–H groups in total. The van der Waals surface area contributed by atoms with Crippen molar-refractivity contribution < 1.29 is 8.42 Å². The van der Waals surface area contributed by atoms with Crippen LogP contribution in [0.15, 0.2) is 0 Å². The fourth-order valence-electron chi connectivity index (χ4n) is 3.19. The van der Waals surface area contributed by atoms with Gasteiger partial charge in [0, 0.05) is 13.1 Å². The summed E-state index contributed by atoms with van der Waals surface area (Å²) in [5.74, 6) is 0.348. The van der Waals surface area contributed by atoms with Crippen LogP contribution in [0.1, 0.15) is 117 Å². The zero-order valence-electron chi connectivity index (χ0n) is 17.4. The van der Waals surface area contributed by atoms with E-state index in [2.05, 4.69) is 20.8 Å². The molecule has 0 aromatic rings. The van der Waals surface area contributed by atoms with Gasteiger partial charge in [0.25, 0.3) is 0 Å². The van der Waals surface area contributed by atoms with Crippen molar-refractivity contribution in [2.75, 3.05) is 18.8 Å². The van der Waals surface area contributed by atoms with Crippen LogP contribution in [0.5, 0.6) is 0 Å². The smallest absolute Gasteiger partial charge is 0.212 e. The third-order valence-electron chi connectivity index (χ3n) is 4.92. The lowest BCUT2D eigenvalue weighted by atomic mass is 10.1. The summed E-state index contributed by atoms with van der Waals surface area (Å²) in [6.45, 7) is 8.07. The molecule has 0 amide bonds. The molecule has 3 nitrogen and oxygen atoms in total. The van der Waals surface area contributed by atoms with E-state index < -0.39 is 10.0 Å². The summed E-state index contributed by atoms with van der Waals surface area (Å²) in [4.78, 5) is 0. The molecule has 25 heavy (non-hydrogen) atoms. The van der Waals surface area contributed by atoms with Gasteiger partial charge in [-0.2, -0.15) is 0 Å². The van der Waals surface area contributed by atoms with E-state index in [1.807, 2.05) is 4.31 Å². The normalized spacial score (nSPS) is 12.2. The zero-order chi connectivity index (χ0) is 18.8. The lowest BCUT2D eigenvalue weighted by Gasteiger charge is -2.22. The van der Waals surface area contributed by atoms with Crippen molar-refractivity contribution in [1.29, 1.82) is 0 Å². The maximum Gasteiger partial charge on any atom is 0.214 e. The number of nitrogens with zero attached hydrogens (tertiary/aromatic N) is 1. The van der Waals surface area contributed by atoms with Crippen LogP contribution >= 0.6 is 0 Å². The van der Waals surface area contributed by atoms with Crippen LogP contribution < -0.4 is 0 Å². The maximum absolute atomic E-state index is 12.7. The summed E-state index contributed by atoms with van der Waals surface area (Å²) in [7, 11) is -3.06. The van der Waals surface area contributed by atoms with Gasteiger partial charge in [-0.25, -0.2) is 12.7 Å². The number of rotatable bonds is 19. The molecule has 0 unspecified atom stereocenters. The van der Waals surface area contributed by atoms with Crippen LogP contribution in [0.3, 0.4) is 0 Å². The van der Waals surface area contributed by atoms with Gasteiger partial charge in [0.2, 0.25) is 10.0 Å². The quantitative estimate of drug-likeness (QED) is 0.241. The molecule has 0 aliphatic rings. The average Bonchev–Trinajstić information content (AvgIpc) is 2.59. The summed E-state index contributed by atoms with van der Waals surface area (Å²) in [6.07, 6.45) is 17.3. The number of unbranched alkanes of at least 4 members (excludes halogenated alkanes) is 12. The van der Waals surface area contributed by atoms with E-state index in [9.17, 15) is 8.42 Å². The zero-order valence-corrected chi connectivity index (χ0v) is 18.2. The molecule has 0 aliphatic heterocycles. The van der Waals surface area contributed by atoms with Crippen molar-refractivity contribution >= 4 is 10.0 Å². The molecule has 0 rings (SSSR count). The van der Waals surface area contributed by atoms with Gasteiger partial charge in [-0.05, 0) is 19.3 Å². The third-order valence-corrected chi connectivity index (χ3v) is 6.88. The van der Waals surface area contributed by atoms with Gasteiger partial charge in [0.05, 0.1) is 5.75 Å². The fraction of sp³-hybridized carbons (Fsp3) is 1.00. The van der Waals surface area contributed by atoms with E-state index in [1.165, 1.54) is 57.8 Å². The summed E-state index contributed by atoms with van der Waals surface area (Å²) in [6, 6.07) is 0. The van der Waals surface area contributed by atoms with Gasteiger partial charge < -0.3 is 0 Å². The largest absolute Gasteiger partial charge is 0.214 e. The number of hydrogen-bond donors (Lipinski definition) is 0. The number of sulfonamides is 1. The molecule has 0 bridgehead atoms. The van der Waals surface area contributed by atoms with Gasteiger partial charge in [-0.1, -0.05) is 97.8 Å². The highest BCUT2D eigenvalue weighted by Gasteiger charge is 2.20. The second-order valence-corrected chi connectivity index (χ2v) is 9.55. The fourth-order valence-corrected chi connectivity index (χ4v) is 4.83. The predicted octanol–water partition coefficient (Wildman–Crippen LogP) is 6.53. The van der Waals surface area contributed by atoms with E-state index in [0.29, 0.717) is 5.75 Å². The van der Waals surface area contributed by atoms with E-state index >= 15 is 0 Å². The van der Waals surface area contributed by atoms with Crippen molar-refractivity contribution in [3.8, 4) is 0 Å². The van der Waals surface area contributed by atoms with E-state index in [0.717, 1.165) is 51.6 Å². The first-order valence-corrected chi connectivity index (χ1v) is 12.7. The topological polar surface area (TPSA) is 37.4 Å². The highest BCUT2D eigenvalue weighted by molar-refractivity contribution is 7.89. The van der Waals surface area contributed by atoms with E-state index in [-0.39, 0.29) is 0 Å². The molecule has 0 saturated carbocycles. The molecule has 0 radical (unpaired) electrons. The Balaban J connectivity index is 4.27. The van der Waals surface area contributed by atoms with Gasteiger partial charge in [0.1, 0.15) is 0 Å². The first kappa shape index (κ1) is 24.9. The summed E-state index contributed by atoms with van der Waals surface area (Å²) in [5.41, 5.74) is 0. The minimum Gasteiger partial charge on any atom is -0.212 e. The van der Waals surface area contributed by atoms with Crippen molar-refractivity contribution in [2.45, 2.75) is 117 Å². The van der Waals surface area contributed by atoms with Crippen LogP contribution in [0, 0.1) is 0 Å². The highest BCUT2D eigenvalue weighted by Crippen LogP contribution is 2.13. The van der Waals surface area contributed by atoms with Gasteiger partial charge in [-0.15, -0.1) is 0 Å². The number of hydrogen-bond acceptors (Lipinski definition) is 2. The Morgan fingerprint density at radius 3 is 1.36 bits per heavy atom. The lowest BCUT2D eigenvalue weighted by molar-refractivity contribution is 0.383. The van der Waals surface area contributed by atoms with E-state index in [1.54, 1.807) is 0 Å². The van der Waals surface area contributed by atoms with Crippen LogP contribution in [0.25, 0.3) is 0 Å². The van der Waals surface area contributed by atoms with Crippen molar-refractivity contribution in [3.63, 3.8) is 0 Å².